The van der Waals surface area contributed by atoms with Gasteiger partial charge in [0.15, 0.2) is 0 Å². The number of hydrogen-bond donors (Lipinski definition) is 1. The van der Waals surface area contributed by atoms with Crippen molar-refractivity contribution >= 4 is 23.2 Å². The van der Waals surface area contributed by atoms with Crippen LogP contribution in [0, 0.1) is 0 Å². The molecule has 1 amide bonds. The summed E-state index contributed by atoms with van der Waals surface area (Å²) in [6.07, 6.45) is 1.59. The first-order valence-electron chi connectivity index (χ1n) is 7.39. The molecule has 1 fully saturated rings. The van der Waals surface area contributed by atoms with E-state index in [9.17, 15) is 4.79 Å². The van der Waals surface area contributed by atoms with Crippen molar-refractivity contribution < 1.29 is 14.3 Å². The third-order valence-electron chi connectivity index (χ3n) is 4.23. The monoisotopic (exact) mass is 331 g/mol. The highest BCUT2D eigenvalue weighted by Crippen LogP contribution is 2.51. The van der Waals surface area contributed by atoms with Crippen LogP contribution < -0.4 is 14.8 Å². The minimum Gasteiger partial charge on any atom is -0.497 e. The number of carbonyl (C=O) groups excluding carboxylic acids is 1. The summed E-state index contributed by atoms with van der Waals surface area (Å²) >= 11 is 6.27. The van der Waals surface area contributed by atoms with Gasteiger partial charge >= 0.3 is 0 Å². The van der Waals surface area contributed by atoms with E-state index in [4.69, 9.17) is 21.1 Å². The van der Waals surface area contributed by atoms with Crippen molar-refractivity contribution in [2.75, 3.05) is 19.5 Å². The molecule has 0 aliphatic heterocycles. The van der Waals surface area contributed by atoms with E-state index in [1.54, 1.807) is 32.4 Å². The Hall–Kier alpha value is -2.20. The van der Waals surface area contributed by atoms with Crippen molar-refractivity contribution in [3.05, 3.63) is 53.1 Å². The van der Waals surface area contributed by atoms with Gasteiger partial charge in [0.05, 0.1) is 25.3 Å². The van der Waals surface area contributed by atoms with Gasteiger partial charge in [-0.2, -0.15) is 0 Å². The summed E-state index contributed by atoms with van der Waals surface area (Å²) in [5, 5.41) is 3.59. The Labute approximate surface area is 140 Å². The molecule has 0 saturated heterocycles. The van der Waals surface area contributed by atoms with E-state index in [0.29, 0.717) is 22.2 Å². The molecule has 5 heteroatoms. The van der Waals surface area contributed by atoms with E-state index in [-0.39, 0.29) is 5.91 Å². The quantitative estimate of drug-likeness (QED) is 0.900. The number of carbonyl (C=O) groups is 1. The van der Waals surface area contributed by atoms with E-state index < -0.39 is 5.41 Å². The van der Waals surface area contributed by atoms with E-state index >= 15 is 0 Å². The summed E-state index contributed by atoms with van der Waals surface area (Å²) in [6, 6.07) is 12.8. The molecular formula is C18H18ClNO3. The number of ether oxygens (including phenoxy) is 2. The van der Waals surface area contributed by atoms with E-state index in [1.165, 1.54) is 0 Å². The fraction of sp³-hybridized carbons (Fsp3) is 0.278. The molecule has 2 aromatic carbocycles. The lowest BCUT2D eigenvalue weighted by Gasteiger charge is -2.18. The molecule has 3 rings (SSSR count). The minimum atomic E-state index is -0.538. The second-order valence-corrected chi connectivity index (χ2v) is 5.99. The van der Waals surface area contributed by atoms with Crippen LogP contribution in [0.25, 0.3) is 0 Å². The summed E-state index contributed by atoms with van der Waals surface area (Å²) in [5.74, 6) is 1.17. The molecular weight excluding hydrogens is 314 g/mol. The number of halogens is 1. The van der Waals surface area contributed by atoms with Crippen LogP contribution in [0.4, 0.5) is 5.69 Å². The molecule has 2 aromatic rings. The molecule has 0 radical (unpaired) electrons. The van der Waals surface area contributed by atoms with E-state index in [1.807, 2.05) is 24.3 Å². The van der Waals surface area contributed by atoms with Crippen LogP contribution in [-0.4, -0.2) is 20.1 Å². The maximum absolute atomic E-state index is 12.8. The third kappa shape index (κ3) is 2.86. The van der Waals surface area contributed by atoms with E-state index in [2.05, 4.69) is 5.32 Å². The SMILES string of the molecule is COc1ccc(NC(=O)C2(c3ccccc3Cl)CC2)c(OC)c1. The molecule has 4 nitrogen and oxygen atoms in total. The normalized spacial score (nSPS) is 14.9. The number of hydrogen-bond acceptors (Lipinski definition) is 3. The van der Waals surface area contributed by atoms with Crippen LogP contribution >= 0.6 is 11.6 Å². The lowest BCUT2D eigenvalue weighted by atomic mass is 9.94. The molecule has 0 spiro atoms. The first-order chi connectivity index (χ1) is 11.1. The lowest BCUT2D eigenvalue weighted by Crippen LogP contribution is -2.28. The number of rotatable bonds is 5. The summed E-state index contributed by atoms with van der Waals surface area (Å²) in [6.45, 7) is 0. The lowest BCUT2D eigenvalue weighted by molar-refractivity contribution is -0.118. The van der Waals surface area contributed by atoms with Crippen LogP contribution in [0.2, 0.25) is 5.02 Å². The van der Waals surface area contributed by atoms with Crippen molar-refractivity contribution in [3.63, 3.8) is 0 Å². The summed E-state index contributed by atoms with van der Waals surface area (Å²) in [4.78, 5) is 12.8. The van der Waals surface area contributed by atoms with Gasteiger partial charge in [0.2, 0.25) is 5.91 Å². The minimum absolute atomic E-state index is 0.0610. The second-order valence-electron chi connectivity index (χ2n) is 5.58. The molecule has 0 unspecified atom stereocenters. The standard InChI is InChI=1S/C18H18ClNO3/c1-22-12-7-8-15(16(11-12)23-2)20-17(21)18(9-10-18)13-5-3-4-6-14(13)19/h3-8,11H,9-10H2,1-2H3,(H,20,21). The second kappa shape index (κ2) is 6.13. The Morgan fingerprint density at radius 2 is 1.87 bits per heavy atom. The molecule has 0 bridgehead atoms. The highest BCUT2D eigenvalue weighted by Gasteiger charge is 2.52. The fourth-order valence-electron chi connectivity index (χ4n) is 2.74. The van der Waals surface area contributed by atoms with Crippen LogP contribution in [0.5, 0.6) is 11.5 Å². The summed E-state index contributed by atoms with van der Waals surface area (Å²) < 4.78 is 10.5. The van der Waals surface area contributed by atoms with Crippen molar-refractivity contribution in [2.24, 2.45) is 0 Å². The zero-order chi connectivity index (χ0) is 16.4. The molecule has 1 aliphatic rings. The van der Waals surface area contributed by atoms with Gasteiger partial charge in [-0.1, -0.05) is 29.8 Å². The number of methoxy groups -OCH3 is 2. The van der Waals surface area contributed by atoms with Crippen LogP contribution in [0.15, 0.2) is 42.5 Å². The van der Waals surface area contributed by atoms with Gasteiger partial charge in [0.1, 0.15) is 11.5 Å². The van der Waals surface area contributed by atoms with Gasteiger partial charge in [-0.3, -0.25) is 4.79 Å². The van der Waals surface area contributed by atoms with Crippen LogP contribution in [0.1, 0.15) is 18.4 Å². The first-order valence-corrected chi connectivity index (χ1v) is 7.77. The van der Waals surface area contributed by atoms with Gasteiger partial charge in [-0.25, -0.2) is 0 Å². The van der Waals surface area contributed by atoms with Crippen LogP contribution in [-0.2, 0) is 10.2 Å². The average Bonchev–Trinajstić information content (AvgIpc) is 3.37. The maximum atomic E-state index is 12.8. The highest BCUT2D eigenvalue weighted by atomic mass is 35.5. The average molecular weight is 332 g/mol. The van der Waals surface area contributed by atoms with Crippen molar-refractivity contribution in [2.45, 2.75) is 18.3 Å². The Morgan fingerprint density at radius 1 is 1.13 bits per heavy atom. The topological polar surface area (TPSA) is 47.6 Å². The largest absolute Gasteiger partial charge is 0.497 e. The predicted octanol–water partition coefficient (Wildman–Crippen LogP) is 4.03. The Bertz CT molecular complexity index is 741. The Kier molecular flexibility index (Phi) is 4.18. The molecule has 1 saturated carbocycles. The molecule has 0 aromatic heterocycles. The van der Waals surface area contributed by atoms with Gasteiger partial charge in [0.25, 0.3) is 0 Å². The summed E-state index contributed by atoms with van der Waals surface area (Å²) in [5.41, 5.74) is 0.965. The van der Waals surface area contributed by atoms with Crippen molar-refractivity contribution in [1.82, 2.24) is 0 Å². The first kappa shape index (κ1) is 15.7. The zero-order valence-corrected chi connectivity index (χ0v) is 13.8. The zero-order valence-electron chi connectivity index (χ0n) is 13.1. The van der Waals surface area contributed by atoms with Crippen molar-refractivity contribution in [3.8, 4) is 11.5 Å². The fourth-order valence-corrected chi connectivity index (χ4v) is 3.05. The van der Waals surface area contributed by atoms with Gasteiger partial charge in [-0.05, 0) is 36.6 Å². The van der Waals surface area contributed by atoms with Gasteiger partial charge in [-0.15, -0.1) is 0 Å². The van der Waals surface area contributed by atoms with E-state index in [0.717, 1.165) is 18.4 Å². The predicted molar refractivity (Wildman–Crippen MR) is 90.5 cm³/mol. The Morgan fingerprint density at radius 3 is 2.48 bits per heavy atom. The van der Waals surface area contributed by atoms with Crippen LogP contribution in [0.3, 0.4) is 0 Å². The Balaban J connectivity index is 1.87. The molecule has 0 heterocycles. The highest BCUT2D eigenvalue weighted by molar-refractivity contribution is 6.32. The number of amides is 1. The number of nitrogens with one attached hydrogen (secondary N) is 1. The smallest absolute Gasteiger partial charge is 0.235 e. The maximum Gasteiger partial charge on any atom is 0.235 e. The third-order valence-corrected chi connectivity index (χ3v) is 4.56. The molecule has 23 heavy (non-hydrogen) atoms. The van der Waals surface area contributed by atoms with Gasteiger partial charge in [0, 0.05) is 11.1 Å². The van der Waals surface area contributed by atoms with Gasteiger partial charge < -0.3 is 14.8 Å². The molecule has 120 valence electrons. The summed E-state index contributed by atoms with van der Waals surface area (Å²) in [7, 11) is 3.15. The number of benzene rings is 2. The number of anilines is 1. The molecule has 1 N–H and O–H groups in total. The molecule has 1 aliphatic carbocycles. The van der Waals surface area contributed by atoms with Crippen molar-refractivity contribution in [1.29, 1.82) is 0 Å². The molecule has 0 atom stereocenters.